The van der Waals surface area contributed by atoms with Gasteiger partial charge in [0.15, 0.2) is 0 Å². The molecule has 1 N–H and O–H groups in total. The Kier molecular flexibility index (Phi) is 5.31. The number of nitro groups is 1. The molecule has 2 aromatic rings. The van der Waals surface area contributed by atoms with Gasteiger partial charge in [-0.25, -0.2) is 9.78 Å². The smallest absolute Gasteiger partial charge is 0.344 e. The van der Waals surface area contributed by atoms with Crippen LogP contribution >= 0.6 is 0 Å². The molecule has 0 saturated carbocycles. The third kappa shape index (κ3) is 3.90. The van der Waals surface area contributed by atoms with Crippen molar-refractivity contribution < 1.29 is 14.5 Å². The second-order valence-electron chi connectivity index (χ2n) is 6.05. The van der Waals surface area contributed by atoms with Crippen molar-refractivity contribution in [2.24, 2.45) is 0 Å². The highest BCUT2D eigenvalue weighted by Crippen LogP contribution is 2.24. The number of ether oxygens (including phenoxy) is 1. The first-order valence-corrected chi connectivity index (χ1v) is 8.39. The van der Waals surface area contributed by atoms with Crippen LogP contribution in [0.4, 0.5) is 17.2 Å². The van der Waals surface area contributed by atoms with Crippen LogP contribution in [0.1, 0.15) is 28.8 Å². The molecule has 0 unspecified atom stereocenters. The molecule has 0 bridgehead atoms. The van der Waals surface area contributed by atoms with E-state index in [-0.39, 0.29) is 11.3 Å². The van der Waals surface area contributed by atoms with Crippen molar-refractivity contribution in [1.29, 1.82) is 0 Å². The lowest BCUT2D eigenvalue weighted by Crippen LogP contribution is -2.18. The number of carbonyl (C=O) groups excluding carboxylic acids is 1. The highest BCUT2D eigenvalue weighted by molar-refractivity contribution is 5.95. The SMILES string of the molecule is COC(=O)c1cc(NCc2ccc(N3CCCC3)nc2)ccc1[N+](=O)[O-]. The summed E-state index contributed by atoms with van der Waals surface area (Å²) < 4.78 is 4.62. The Morgan fingerprint density at radius 2 is 2.08 bits per heavy atom. The molecular weight excluding hydrogens is 336 g/mol. The van der Waals surface area contributed by atoms with Gasteiger partial charge in [0.25, 0.3) is 5.69 Å². The fraction of sp³-hybridized carbons (Fsp3) is 0.333. The standard InChI is InChI=1S/C18H20N4O4/c1-26-18(23)15-10-14(5-6-16(15)22(24)25)19-11-13-4-7-17(20-12-13)21-8-2-3-9-21/h4-7,10,12,19H,2-3,8-9,11H2,1H3. The van der Waals surface area contributed by atoms with Gasteiger partial charge < -0.3 is 15.0 Å². The van der Waals surface area contributed by atoms with Crippen molar-refractivity contribution in [3.63, 3.8) is 0 Å². The zero-order valence-corrected chi connectivity index (χ0v) is 14.5. The largest absolute Gasteiger partial charge is 0.465 e. The minimum absolute atomic E-state index is 0.0787. The van der Waals surface area contributed by atoms with Crippen LogP contribution in [0.25, 0.3) is 0 Å². The number of methoxy groups -OCH3 is 1. The lowest BCUT2D eigenvalue weighted by molar-refractivity contribution is -0.385. The lowest BCUT2D eigenvalue weighted by Gasteiger charge is -2.16. The van der Waals surface area contributed by atoms with Gasteiger partial charge >= 0.3 is 5.97 Å². The fourth-order valence-corrected chi connectivity index (χ4v) is 2.94. The van der Waals surface area contributed by atoms with Gasteiger partial charge in [0.2, 0.25) is 0 Å². The number of hydrogen-bond donors (Lipinski definition) is 1. The number of carbonyl (C=O) groups is 1. The van der Waals surface area contributed by atoms with Crippen LogP contribution in [0.3, 0.4) is 0 Å². The Bertz CT molecular complexity index is 801. The molecule has 136 valence electrons. The number of nitro benzene ring substituents is 1. The topological polar surface area (TPSA) is 97.6 Å². The summed E-state index contributed by atoms with van der Waals surface area (Å²) in [6.07, 6.45) is 4.22. The fourth-order valence-electron chi connectivity index (χ4n) is 2.94. The number of pyridine rings is 1. The quantitative estimate of drug-likeness (QED) is 0.483. The summed E-state index contributed by atoms with van der Waals surface area (Å²) in [5.74, 6) is 0.242. The van der Waals surface area contributed by atoms with Crippen molar-refractivity contribution >= 4 is 23.2 Å². The van der Waals surface area contributed by atoms with Gasteiger partial charge in [0.1, 0.15) is 11.4 Å². The normalized spacial score (nSPS) is 13.5. The number of anilines is 2. The number of rotatable bonds is 6. The molecule has 1 aromatic heterocycles. The van der Waals surface area contributed by atoms with Gasteiger partial charge in [-0.05, 0) is 36.6 Å². The molecule has 8 nitrogen and oxygen atoms in total. The highest BCUT2D eigenvalue weighted by Gasteiger charge is 2.21. The van der Waals surface area contributed by atoms with Gasteiger partial charge in [-0.1, -0.05) is 6.07 Å². The molecule has 1 saturated heterocycles. The van der Waals surface area contributed by atoms with Gasteiger partial charge in [-0.3, -0.25) is 10.1 Å². The molecule has 2 heterocycles. The second-order valence-corrected chi connectivity index (χ2v) is 6.05. The van der Waals surface area contributed by atoms with E-state index in [1.165, 1.54) is 32.1 Å². The predicted octanol–water partition coefficient (Wildman–Crippen LogP) is 2.99. The number of hydrogen-bond acceptors (Lipinski definition) is 7. The summed E-state index contributed by atoms with van der Waals surface area (Å²) in [6.45, 7) is 2.58. The third-order valence-corrected chi connectivity index (χ3v) is 4.33. The Morgan fingerprint density at radius 3 is 2.69 bits per heavy atom. The number of nitrogens with one attached hydrogen (secondary N) is 1. The van der Waals surface area contributed by atoms with Crippen LogP contribution < -0.4 is 10.2 Å². The molecule has 0 amide bonds. The molecule has 1 aliphatic heterocycles. The van der Waals surface area contributed by atoms with Crippen molar-refractivity contribution in [2.75, 3.05) is 30.4 Å². The van der Waals surface area contributed by atoms with E-state index in [9.17, 15) is 14.9 Å². The summed E-state index contributed by atoms with van der Waals surface area (Å²) >= 11 is 0. The van der Waals surface area contributed by atoms with Gasteiger partial charge in [-0.2, -0.15) is 0 Å². The van der Waals surface area contributed by atoms with E-state index < -0.39 is 10.9 Å². The van der Waals surface area contributed by atoms with Crippen LogP contribution in [-0.2, 0) is 11.3 Å². The highest BCUT2D eigenvalue weighted by atomic mass is 16.6. The van der Waals surface area contributed by atoms with E-state index in [0.29, 0.717) is 12.2 Å². The molecule has 1 aliphatic rings. The van der Waals surface area contributed by atoms with Gasteiger partial charge in [0.05, 0.1) is 12.0 Å². The maximum Gasteiger partial charge on any atom is 0.344 e. The minimum atomic E-state index is -0.739. The molecule has 3 rings (SSSR count). The maximum absolute atomic E-state index is 11.8. The molecular formula is C18H20N4O4. The Balaban J connectivity index is 1.69. The molecule has 0 atom stereocenters. The average Bonchev–Trinajstić information content (AvgIpc) is 3.20. The first-order chi connectivity index (χ1) is 12.6. The van der Waals surface area contributed by atoms with E-state index >= 15 is 0 Å². The van der Waals surface area contributed by atoms with E-state index in [1.807, 2.05) is 18.3 Å². The van der Waals surface area contributed by atoms with Crippen molar-refractivity contribution in [2.45, 2.75) is 19.4 Å². The van der Waals surface area contributed by atoms with Crippen molar-refractivity contribution in [3.05, 3.63) is 57.8 Å². The molecule has 0 spiro atoms. The number of nitrogens with zero attached hydrogens (tertiary/aromatic N) is 3. The predicted molar refractivity (Wildman–Crippen MR) is 97.4 cm³/mol. The van der Waals surface area contributed by atoms with Gasteiger partial charge in [-0.15, -0.1) is 0 Å². The minimum Gasteiger partial charge on any atom is -0.465 e. The first kappa shape index (κ1) is 17.7. The molecule has 1 aromatic carbocycles. The molecule has 0 radical (unpaired) electrons. The summed E-state index contributed by atoms with van der Waals surface area (Å²) in [6, 6.07) is 8.29. The Morgan fingerprint density at radius 1 is 1.31 bits per heavy atom. The molecule has 0 aliphatic carbocycles. The second kappa shape index (κ2) is 7.81. The van der Waals surface area contributed by atoms with E-state index in [4.69, 9.17) is 0 Å². The van der Waals surface area contributed by atoms with Gasteiger partial charge in [0, 0.05) is 37.6 Å². The van der Waals surface area contributed by atoms with Crippen LogP contribution in [0.5, 0.6) is 0 Å². The van der Waals surface area contributed by atoms with Crippen LogP contribution in [0.2, 0.25) is 0 Å². The van der Waals surface area contributed by atoms with E-state index in [0.717, 1.165) is 24.5 Å². The monoisotopic (exact) mass is 356 g/mol. The van der Waals surface area contributed by atoms with E-state index in [1.54, 1.807) is 6.07 Å². The maximum atomic E-state index is 11.8. The number of esters is 1. The molecule has 26 heavy (non-hydrogen) atoms. The molecule has 8 heteroatoms. The zero-order valence-electron chi connectivity index (χ0n) is 14.5. The summed E-state index contributed by atoms with van der Waals surface area (Å²) in [5.41, 5.74) is 1.22. The third-order valence-electron chi connectivity index (χ3n) is 4.33. The average molecular weight is 356 g/mol. The van der Waals surface area contributed by atoms with Crippen molar-refractivity contribution in [3.8, 4) is 0 Å². The summed E-state index contributed by atoms with van der Waals surface area (Å²) in [4.78, 5) is 28.9. The first-order valence-electron chi connectivity index (χ1n) is 8.39. The Hall–Kier alpha value is -3.16. The van der Waals surface area contributed by atoms with Crippen LogP contribution in [0.15, 0.2) is 36.5 Å². The summed E-state index contributed by atoms with van der Waals surface area (Å²) in [7, 11) is 1.19. The van der Waals surface area contributed by atoms with Crippen LogP contribution in [-0.4, -0.2) is 36.1 Å². The summed E-state index contributed by atoms with van der Waals surface area (Å²) in [5, 5.41) is 14.2. The lowest BCUT2D eigenvalue weighted by atomic mass is 10.1. The molecule has 1 fully saturated rings. The Labute approximate surface area is 150 Å². The zero-order chi connectivity index (χ0) is 18.5. The van der Waals surface area contributed by atoms with Crippen LogP contribution in [0, 0.1) is 10.1 Å². The van der Waals surface area contributed by atoms with Crippen molar-refractivity contribution in [1.82, 2.24) is 4.98 Å². The number of aromatic nitrogens is 1. The van der Waals surface area contributed by atoms with E-state index in [2.05, 4.69) is 19.9 Å². The number of benzene rings is 1.